The molecule has 4 nitrogen and oxygen atoms in total. The molecule has 0 fully saturated rings. The number of rotatable bonds is 8. The molecule has 4 heteroatoms. The number of hydrogen-bond acceptors (Lipinski definition) is 4. The van der Waals surface area contributed by atoms with E-state index in [9.17, 15) is 0 Å². The predicted molar refractivity (Wildman–Crippen MR) is 54.9 cm³/mol. The third-order valence-corrected chi connectivity index (χ3v) is 2.27. The van der Waals surface area contributed by atoms with Crippen molar-refractivity contribution >= 4 is 0 Å². The van der Waals surface area contributed by atoms with E-state index in [1.54, 1.807) is 0 Å². The van der Waals surface area contributed by atoms with Gasteiger partial charge in [-0.15, -0.1) is 0 Å². The zero-order valence-electron chi connectivity index (χ0n) is 8.28. The van der Waals surface area contributed by atoms with Gasteiger partial charge in [0.2, 0.25) is 0 Å². The van der Waals surface area contributed by atoms with Crippen LogP contribution in [0.4, 0.5) is 0 Å². The van der Waals surface area contributed by atoms with Crippen molar-refractivity contribution in [3.05, 3.63) is 0 Å². The summed E-state index contributed by atoms with van der Waals surface area (Å²) in [4.78, 5) is 0. The summed E-state index contributed by atoms with van der Waals surface area (Å²) in [7, 11) is 0. The topological polar surface area (TPSA) is 98.3 Å². The SMILES string of the molecule is NCCCCC(CN)CCC(N)O. The van der Waals surface area contributed by atoms with Gasteiger partial charge in [-0.3, -0.25) is 0 Å². The van der Waals surface area contributed by atoms with Crippen molar-refractivity contribution in [2.24, 2.45) is 23.1 Å². The summed E-state index contributed by atoms with van der Waals surface area (Å²) in [5.74, 6) is 0.491. The Balaban J connectivity index is 3.39. The summed E-state index contributed by atoms with van der Waals surface area (Å²) in [6.45, 7) is 1.42. The largest absolute Gasteiger partial charge is 0.379 e. The molecular formula is C9H23N3O. The molecule has 80 valence electrons. The molecule has 0 saturated carbocycles. The van der Waals surface area contributed by atoms with Crippen LogP contribution in [0, 0.1) is 5.92 Å². The van der Waals surface area contributed by atoms with Crippen molar-refractivity contribution in [2.75, 3.05) is 13.1 Å². The van der Waals surface area contributed by atoms with Crippen LogP contribution in [0.3, 0.4) is 0 Å². The van der Waals surface area contributed by atoms with Crippen LogP contribution < -0.4 is 17.2 Å². The van der Waals surface area contributed by atoms with Crippen LogP contribution in [0.1, 0.15) is 32.1 Å². The molecule has 0 rings (SSSR count). The average Bonchev–Trinajstić information content (AvgIpc) is 2.10. The molecule has 0 aromatic carbocycles. The van der Waals surface area contributed by atoms with Gasteiger partial charge in [0.15, 0.2) is 0 Å². The summed E-state index contributed by atoms with van der Waals surface area (Å²) in [5, 5.41) is 8.89. The first kappa shape index (κ1) is 12.8. The fourth-order valence-electron chi connectivity index (χ4n) is 1.36. The standard InChI is InChI=1S/C9H23N3O/c10-6-2-1-3-8(7-11)4-5-9(12)13/h8-9,13H,1-7,10-12H2. The molecule has 0 aliphatic rings. The minimum Gasteiger partial charge on any atom is -0.379 e. The fourth-order valence-corrected chi connectivity index (χ4v) is 1.36. The van der Waals surface area contributed by atoms with Gasteiger partial charge in [-0.1, -0.05) is 6.42 Å². The van der Waals surface area contributed by atoms with Gasteiger partial charge >= 0.3 is 0 Å². The first-order valence-corrected chi connectivity index (χ1v) is 5.04. The molecule has 0 aromatic heterocycles. The van der Waals surface area contributed by atoms with E-state index in [0.717, 1.165) is 32.2 Å². The van der Waals surface area contributed by atoms with Crippen LogP contribution in [0.5, 0.6) is 0 Å². The fraction of sp³-hybridized carbons (Fsp3) is 1.00. The number of aliphatic hydroxyl groups excluding tert-OH is 1. The Morgan fingerprint density at radius 2 is 1.69 bits per heavy atom. The van der Waals surface area contributed by atoms with Crippen LogP contribution in [0.2, 0.25) is 0 Å². The van der Waals surface area contributed by atoms with E-state index in [4.69, 9.17) is 22.3 Å². The van der Waals surface area contributed by atoms with Crippen LogP contribution >= 0.6 is 0 Å². The van der Waals surface area contributed by atoms with Gasteiger partial charge in [0.05, 0.1) is 0 Å². The summed E-state index contributed by atoms with van der Waals surface area (Å²) in [5.41, 5.74) is 16.2. The lowest BCUT2D eigenvalue weighted by atomic mass is 9.96. The second kappa shape index (κ2) is 8.44. The highest BCUT2D eigenvalue weighted by molar-refractivity contribution is 4.62. The number of unbranched alkanes of at least 4 members (excludes halogenated alkanes) is 1. The number of hydrogen-bond donors (Lipinski definition) is 4. The molecule has 0 heterocycles. The van der Waals surface area contributed by atoms with Crippen LogP contribution in [-0.4, -0.2) is 24.4 Å². The second-order valence-electron chi connectivity index (χ2n) is 3.53. The third-order valence-electron chi connectivity index (χ3n) is 2.27. The van der Waals surface area contributed by atoms with E-state index in [1.165, 1.54) is 0 Å². The maximum Gasteiger partial charge on any atom is 0.102 e. The lowest BCUT2D eigenvalue weighted by Gasteiger charge is -2.14. The Kier molecular flexibility index (Phi) is 8.33. The Morgan fingerprint density at radius 3 is 2.15 bits per heavy atom. The van der Waals surface area contributed by atoms with E-state index < -0.39 is 6.23 Å². The van der Waals surface area contributed by atoms with Crippen LogP contribution in [0.25, 0.3) is 0 Å². The summed E-state index contributed by atoms with van der Waals surface area (Å²) in [6.07, 6.45) is 4.15. The van der Waals surface area contributed by atoms with E-state index in [1.807, 2.05) is 0 Å². The molecular weight excluding hydrogens is 166 g/mol. The first-order chi connectivity index (χ1) is 6.20. The van der Waals surface area contributed by atoms with E-state index in [0.29, 0.717) is 18.9 Å². The minimum absolute atomic E-state index is 0.491. The van der Waals surface area contributed by atoms with Gasteiger partial charge in [0, 0.05) is 0 Å². The highest BCUT2D eigenvalue weighted by Gasteiger charge is 2.07. The van der Waals surface area contributed by atoms with Crippen LogP contribution in [0.15, 0.2) is 0 Å². The molecule has 0 aromatic rings. The lowest BCUT2D eigenvalue weighted by molar-refractivity contribution is 0.160. The molecule has 13 heavy (non-hydrogen) atoms. The number of nitrogens with two attached hydrogens (primary N) is 3. The van der Waals surface area contributed by atoms with Gasteiger partial charge in [-0.05, 0) is 44.7 Å². The summed E-state index contributed by atoms with van der Waals surface area (Å²) in [6, 6.07) is 0. The van der Waals surface area contributed by atoms with E-state index in [2.05, 4.69) is 0 Å². The molecule has 0 saturated heterocycles. The van der Waals surface area contributed by atoms with Crippen molar-refractivity contribution in [3.8, 4) is 0 Å². The summed E-state index contributed by atoms with van der Waals surface area (Å²) >= 11 is 0. The van der Waals surface area contributed by atoms with Crippen molar-refractivity contribution in [3.63, 3.8) is 0 Å². The normalized spacial score (nSPS) is 15.7. The first-order valence-electron chi connectivity index (χ1n) is 5.04. The molecule has 0 aliphatic heterocycles. The minimum atomic E-state index is -0.691. The Morgan fingerprint density at radius 1 is 1.00 bits per heavy atom. The van der Waals surface area contributed by atoms with Crippen molar-refractivity contribution in [1.82, 2.24) is 0 Å². The number of aliphatic hydroxyl groups is 1. The molecule has 2 unspecified atom stereocenters. The molecule has 7 N–H and O–H groups in total. The van der Waals surface area contributed by atoms with Crippen molar-refractivity contribution in [1.29, 1.82) is 0 Å². The quantitative estimate of drug-likeness (QED) is 0.312. The van der Waals surface area contributed by atoms with Gasteiger partial charge in [-0.2, -0.15) is 0 Å². The van der Waals surface area contributed by atoms with Crippen molar-refractivity contribution in [2.45, 2.75) is 38.3 Å². The lowest BCUT2D eigenvalue weighted by Crippen LogP contribution is -2.22. The monoisotopic (exact) mass is 189 g/mol. The highest BCUT2D eigenvalue weighted by atomic mass is 16.3. The maximum atomic E-state index is 8.89. The van der Waals surface area contributed by atoms with E-state index >= 15 is 0 Å². The average molecular weight is 189 g/mol. The second-order valence-corrected chi connectivity index (χ2v) is 3.53. The summed E-state index contributed by atoms with van der Waals surface area (Å²) < 4.78 is 0. The zero-order chi connectivity index (χ0) is 10.1. The van der Waals surface area contributed by atoms with Gasteiger partial charge < -0.3 is 22.3 Å². The maximum absolute atomic E-state index is 8.89. The van der Waals surface area contributed by atoms with Crippen LogP contribution in [-0.2, 0) is 0 Å². The zero-order valence-corrected chi connectivity index (χ0v) is 8.28. The van der Waals surface area contributed by atoms with Gasteiger partial charge in [0.1, 0.15) is 6.23 Å². The Hall–Kier alpha value is -0.160. The predicted octanol–water partition coefficient (Wildman–Crippen LogP) is -0.252. The van der Waals surface area contributed by atoms with Gasteiger partial charge in [0.25, 0.3) is 0 Å². The Labute approximate surface area is 80.5 Å². The Bertz CT molecular complexity index is 109. The smallest absolute Gasteiger partial charge is 0.102 e. The molecule has 2 atom stereocenters. The van der Waals surface area contributed by atoms with Gasteiger partial charge in [-0.25, -0.2) is 0 Å². The van der Waals surface area contributed by atoms with E-state index in [-0.39, 0.29) is 0 Å². The third kappa shape index (κ3) is 8.18. The molecule has 0 radical (unpaired) electrons. The highest BCUT2D eigenvalue weighted by Crippen LogP contribution is 2.13. The molecule has 0 amide bonds. The molecule has 0 bridgehead atoms. The molecule has 0 aliphatic carbocycles. The molecule has 0 spiro atoms. The van der Waals surface area contributed by atoms with Crippen molar-refractivity contribution < 1.29 is 5.11 Å².